The van der Waals surface area contributed by atoms with Gasteiger partial charge in [-0.1, -0.05) is 31.2 Å². The van der Waals surface area contributed by atoms with Crippen molar-refractivity contribution in [1.29, 1.82) is 0 Å². The van der Waals surface area contributed by atoms with E-state index >= 15 is 0 Å². The third-order valence-corrected chi connectivity index (χ3v) is 5.03. The Hall–Kier alpha value is -1.16. The molecule has 0 bridgehead atoms. The lowest BCUT2D eigenvalue weighted by atomic mass is 9.79. The van der Waals surface area contributed by atoms with Gasteiger partial charge in [-0.3, -0.25) is 9.00 Å². The molecular weight excluding hydrogens is 248 g/mol. The molecule has 1 aliphatic carbocycles. The zero-order valence-corrected chi connectivity index (χ0v) is 11.5. The summed E-state index contributed by atoms with van der Waals surface area (Å²) >= 11 is 0. The van der Waals surface area contributed by atoms with Crippen LogP contribution in [0.1, 0.15) is 24.0 Å². The lowest BCUT2D eigenvalue weighted by Gasteiger charge is -2.29. The van der Waals surface area contributed by atoms with Gasteiger partial charge in [0.2, 0.25) is 0 Å². The Labute approximate surface area is 110 Å². The van der Waals surface area contributed by atoms with Crippen LogP contribution in [0.15, 0.2) is 24.3 Å². The van der Waals surface area contributed by atoms with Crippen LogP contribution in [0.25, 0.3) is 0 Å². The molecule has 0 saturated carbocycles. The van der Waals surface area contributed by atoms with Gasteiger partial charge in [0.25, 0.3) is 0 Å². The quantitative estimate of drug-likeness (QED) is 0.764. The van der Waals surface area contributed by atoms with Crippen LogP contribution >= 0.6 is 0 Å². The highest BCUT2D eigenvalue weighted by Crippen LogP contribution is 2.35. The average Bonchev–Trinajstić information content (AvgIpc) is 2.35. The molecular formula is C14H18O3S. The molecule has 18 heavy (non-hydrogen) atoms. The van der Waals surface area contributed by atoms with Crippen LogP contribution < -0.4 is 0 Å². The number of rotatable bonds is 5. The van der Waals surface area contributed by atoms with Crippen molar-refractivity contribution < 1.29 is 13.7 Å². The van der Waals surface area contributed by atoms with Gasteiger partial charge >= 0.3 is 5.97 Å². The van der Waals surface area contributed by atoms with Crippen LogP contribution in [0.5, 0.6) is 0 Å². The van der Waals surface area contributed by atoms with E-state index in [9.17, 15) is 9.00 Å². The molecule has 4 heteroatoms. The van der Waals surface area contributed by atoms with E-state index < -0.39 is 10.8 Å². The second kappa shape index (κ2) is 5.65. The zero-order valence-electron chi connectivity index (χ0n) is 10.7. The van der Waals surface area contributed by atoms with Gasteiger partial charge in [-0.15, -0.1) is 0 Å². The molecule has 0 spiro atoms. The first kappa shape index (κ1) is 13.3. The third-order valence-electron chi connectivity index (χ3n) is 3.39. The highest BCUT2D eigenvalue weighted by atomic mass is 32.2. The van der Waals surface area contributed by atoms with Crippen molar-refractivity contribution in [3.8, 4) is 0 Å². The zero-order chi connectivity index (χ0) is 13.1. The van der Waals surface area contributed by atoms with Crippen LogP contribution in [-0.2, 0) is 26.8 Å². The van der Waals surface area contributed by atoms with E-state index in [0.717, 1.165) is 6.42 Å². The Morgan fingerprint density at radius 2 is 2.22 bits per heavy atom. The van der Waals surface area contributed by atoms with Crippen molar-refractivity contribution in [2.24, 2.45) is 5.92 Å². The van der Waals surface area contributed by atoms with Crippen molar-refractivity contribution >= 4 is 16.8 Å². The molecule has 98 valence electrons. The monoisotopic (exact) mass is 266 g/mol. The summed E-state index contributed by atoms with van der Waals surface area (Å²) in [6.45, 7) is 1.76. The summed E-state index contributed by atoms with van der Waals surface area (Å²) < 4.78 is 16.6. The number of ether oxygens (including phenoxy) is 1. The van der Waals surface area contributed by atoms with Crippen LogP contribution in [0.3, 0.4) is 0 Å². The molecule has 1 aliphatic rings. The van der Waals surface area contributed by atoms with E-state index in [2.05, 4.69) is 16.9 Å². The predicted octanol–water partition coefficient (Wildman–Crippen LogP) is 1.88. The topological polar surface area (TPSA) is 43.4 Å². The Morgan fingerprint density at radius 3 is 2.89 bits per heavy atom. The maximum atomic E-state index is 12.0. The van der Waals surface area contributed by atoms with Crippen molar-refractivity contribution in [3.63, 3.8) is 0 Å². The molecule has 0 saturated heterocycles. The highest BCUT2D eigenvalue weighted by molar-refractivity contribution is 7.85. The van der Waals surface area contributed by atoms with Crippen molar-refractivity contribution in [2.45, 2.75) is 19.3 Å². The summed E-state index contributed by atoms with van der Waals surface area (Å²) in [6, 6.07) is 8.27. The second-order valence-corrected chi connectivity index (χ2v) is 6.34. The molecule has 3 atom stereocenters. The molecule has 0 fully saturated rings. The molecule has 3 unspecified atom stereocenters. The van der Waals surface area contributed by atoms with Gasteiger partial charge < -0.3 is 4.74 Å². The lowest BCUT2D eigenvalue weighted by Crippen LogP contribution is -2.26. The SMILES string of the molecule is COC(=O)C(C)CS(=O)CC1Cc2ccccc21. The highest BCUT2D eigenvalue weighted by Gasteiger charge is 2.28. The smallest absolute Gasteiger partial charge is 0.309 e. The Morgan fingerprint density at radius 1 is 1.50 bits per heavy atom. The van der Waals surface area contributed by atoms with E-state index in [1.54, 1.807) is 6.92 Å². The number of methoxy groups -OCH3 is 1. The van der Waals surface area contributed by atoms with Crippen molar-refractivity contribution in [3.05, 3.63) is 35.4 Å². The number of benzene rings is 1. The summed E-state index contributed by atoms with van der Waals surface area (Å²) in [6.07, 6.45) is 1.01. The molecule has 0 radical (unpaired) electrons. The van der Waals surface area contributed by atoms with E-state index in [1.807, 2.05) is 12.1 Å². The van der Waals surface area contributed by atoms with Gasteiger partial charge in [-0.05, 0) is 23.5 Å². The van der Waals surface area contributed by atoms with E-state index in [0.29, 0.717) is 17.4 Å². The summed E-state index contributed by atoms with van der Waals surface area (Å²) in [4.78, 5) is 11.3. The molecule has 0 aliphatic heterocycles. The number of carbonyl (C=O) groups is 1. The van der Waals surface area contributed by atoms with Crippen molar-refractivity contribution in [2.75, 3.05) is 18.6 Å². The van der Waals surface area contributed by atoms with Gasteiger partial charge in [0.1, 0.15) is 0 Å². The fourth-order valence-corrected chi connectivity index (χ4v) is 3.93. The first-order chi connectivity index (χ1) is 8.61. The van der Waals surface area contributed by atoms with Crippen LogP contribution in [-0.4, -0.2) is 28.8 Å². The number of hydrogen-bond acceptors (Lipinski definition) is 3. The van der Waals surface area contributed by atoms with Crippen molar-refractivity contribution in [1.82, 2.24) is 0 Å². The fraction of sp³-hybridized carbons (Fsp3) is 0.500. The molecule has 3 nitrogen and oxygen atoms in total. The van der Waals surface area contributed by atoms with Crippen LogP contribution in [0.4, 0.5) is 0 Å². The summed E-state index contributed by atoms with van der Waals surface area (Å²) in [5.74, 6) is 0.874. The van der Waals surface area contributed by atoms with Gasteiger partial charge in [-0.2, -0.15) is 0 Å². The first-order valence-corrected chi connectivity index (χ1v) is 7.61. The standard InChI is InChI=1S/C14H18O3S/c1-10(14(15)17-2)8-18(16)9-12-7-11-5-3-4-6-13(11)12/h3-6,10,12H,7-9H2,1-2H3. The summed E-state index contributed by atoms with van der Waals surface area (Å²) in [5.41, 5.74) is 2.68. The molecule has 0 aromatic heterocycles. The molecule has 1 aromatic carbocycles. The van der Waals surface area contributed by atoms with Gasteiger partial charge in [0.05, 0.1) is 13.0 Å². The number of esters is 1. The van der Waals surface area contributed by atoms with E-state index in [1.165, 1.54) is 18.2 Å². The fourth-order valence-electron chi connectivity index (χ4n) is 2.35. The molecule has 0 amide bonds. The largest absolute Gasteiger partial charge is 0.469 e. The molecule has 1 aromatic rings. The van der Waals surface area contributed by atoms with Crippen LogP contribution in [0.2, 0.25) is 0 Å². The normalized spacial score (nSPS) is 20.4. The summed E-state index contributed by atoms with van der Waals surface area (Å²) in [5, 5.41) is 0. The minimum absolute atomic E-state index is 0.280. The lowest BCUT2D eigenvalue weighted by molar-refractivity contribution is -0.144. The van der Waals surface area contributed by atoms with E-state index in [4.69, 9.17) is 0 Å². The maximum absolute atomic E-state index is 12.0. The Bertz CT molecular complexity index is 470. The minimum atomic E-state index is -0.959. The molecule has 2 rings (SSSR count). The molecule has 0 heterocycles. The predicted molar refractivity (Wildman–Crippen MR) is 71.9 cm³/mol. The minimum Gasteiger partial charge on any atom is -0.469 e. The first-order valence-electron chi connectivity index (χ1n) is 6.12. The third kappa shape index (κ3) is 2.80. The van der Waals surface area contributed by atoms with Gasteiger partial charge in [0.15, 0.2) is 0 Å². The van der Waals surface area contributed by atoms with Crippen LogP contribution in [0, 0.1) is 5.92 Å². The van der Waals surface area contributed by atoms with Gasteiger partial charge in [0, 0.05) is 22.3 Å². The number of carbonyl (C=O) groups excluding carboxylic acids is 1. The molecule has 0 N–H and O–H groups in total. The van der Waals surface area contributed by atoms with Gasteiger partial charge in [-0.25, -0.2) is 0 Å². The Balaban J connectivity index is 1.85. The number of hydrogen-bond donors (Lipinski definition) is 0. The number of fused-ring (bicyclic) bond motifs is 1. The van der Waals surface area contributed by atoms with E-state index in [-0.39, 0.29) is 11.9 Å². The summed E-state index contributed by atoms with van der Waals surface area (Å²) in [7, 11) is 0.406. The Kier molecular flexibility index (Phi) is 4.17. The second-order valence-electron chi connectivity index (χ2n) is 4.80. The average molecular weight is 266 g/mol. The maximum Gasteiger partial charge on any atom is 0.309 e.